The first-order valence-electron chi connectivity index (χ1n) is 12.7. The fraction of sp³-hybridized carbons (Fsp3) is 0.444. The zero-order valence-electron chi connectivity index (χ0n) is 21.1. The number of ether oxygens (including phenoxy) is 1. The molecule has 0 radical (unpaired) electrons. The predicted octanol–water partition coefficient (Wildman–Crippen LogP) is 4.53. The van der Waals surface area contributed by atoms with Crippen molar-refractivity contribution in [3.8, 4) is 0 Å². The number of nitrogens with zero attached hydrogens (tertiary/aromatic N) is 4. The van der Waals surface area contributed by atoms with Crippen molar-refractivity contribution in [2.75, 3.05) is 33.2 Å². The summed E-state index contributed by atoms with van der Waals surface area (Å²) in [6.07, 6.45) is -0.781. The quantitative estimate of drug-likeness (QED) is 0.525. The van der Waals surface area contributed by atoms with Crippen molar-refractivity contribution in [1.29, 1.82) is 0 Å². The summed E-state index contributed by atoms with van der Waals surface area (Å²) in [4.78, 5) is 38.7. The number of likely N-dealkylation sites (N-methyl/N-ethyl adjacent to an activating group) is 1. The Morgan fingerprint density at radius 2 is 1.71 bits per heavy atom. The highest BCUT2D eigenvalue weighted by atomic mass is 19.4. The SMILES string of the molecule is CN(C1CCN(C(=O)OCc2ccc(C(F)(F)F)cc2)CC1)C1CCN(C(=O)c2ccc3[nH]cnc3c2)C1. The lowest BCUT2D eigenvalue weighted by molar-refractivity contribution is -0.137. The fourth-order valence-electron chi connectivity index (χ4n) is 5.29. The van der Waals surface area contributed by atoms with Crippen LogP contribution in [0.15, 0.2) is 48.8 Å². The molecule has 1 aromatic heterocycles. The van der Waals surface area contributed by atoms with E-state index in [9.17, 15) is 22.8 Å². The van der Waals surface area contributed by atoms with Gasteiger partial charge in [0.25, 0.3) is 5.91 Å². The Hall–Kier alpha value is -3.60. The molecular weight excluding hydrogens is 499 g/mol. The first-order chi connectivity index (χ1) is 18.2. The van der Waals surface area contributed by atoms with Gasteiger partial charge < -0.3 is 19.5 Å². The minimum atomic E-state index is -4.39. The Balaban J connectivity index is 1.07. The second kappa shape index (κ2) is 10.6. The van der Waals surface area contributed by atoms with Crippen LogP contribution in [0.5, 0.6) is 0 Å². The van der Waals surface area contributed by atoms with Crippen LogP contribution < -0.4 is 0 Å². The average molecular weight is 530 g/mol. The van der Waals surface area contributed by atoms with E-state index in [4.69, 9.17) is 4.74 Å². The maximum absolute atomic E-state index is 13.1. The molecule has 2 aliphatic heterocycles. The minimum Gasteiger partial charge on any atom is -0.445 e. The summed E-state index contributed by atoms with van der Waals surface area (Å²) in [5.74, 6) is 0.0106. The number of hydrogen-bond acceptors (Lipinski definition) is 5. The highest BCUT2D eigenvalue weighted by Crippen LogP contribution is 2.29. The Kier molecular flexibility index (Phi) is 7.29. The predicted molar refractivity (Wildman–Crippen MR) is 134 cm³/mol. The van der Waals surface area contributed by atoms with Gasteiger partial charge in [-0.1, -0.05) is 12.1 Å². The number of hydrogen-bond donors (Lipinski definition) is 1. The number of halogens is 3. The van der Waals surface area contributed by atoms with Crippen molar-refractivity contribution in [3.63, 3.8) is 0 Å². The van der Waals surface area contributed by atoms with Gasteiger partial charge >= 0.3 is 12.3 Å². The van der Waals surface area contributed by atoms with E-state index in [0.717, 1.165) is 42.4 Å². The number of carbonyl (C=O) groups is 2. The lowest BCUT2D eigenvalue weighted by atomic mass is 10.0. The molecule has 1 unspecified atom stereocenters. The van der Waals surface area contributed by atoms with Crippen LogP contribution in [0.1, 0.15) is 40.7 Å². The van der Waals surface area contributed by atoms with Crippen molar-refractivity contribution < 1.29 is 27.5 Å². The molecule has 1 atom stereocenters. The molecule has 0 spiro atoms. The molecule has 8 nitrogen and oxygen atoms in total. The van der Waals surface area contributed by atoms with Gasteiger partial charge in [0.1, 0.15) is 6.61 Å². The van der Waals surface area contributed by atoms with Gasteiger partial charge in [-0.05, 0) is 62.2 Å². The first kappa shape index (κ1) is 26.0. The summed E-state index contributed by atoms with van der Waals surface area (Å²) in [6, 6.07) is 10.7. The van der Waals surface area contributed by atoms with E-state index in [0.29, 0.717) is 37.3 Å². The molecule has 3 heterocycles. The maximum atomic E-state index is 13.1. The summed E-state index contributed by atoms with van der Waals surface area (Å²) >= 11 is 0. The number of benzene rings is 2. The van der Waals surface area contributed by atoms with Gasteiger partial charge in [0.2, 0.25) is 0 Å². The highest BCUT2D eigenvalue weighted by Gasteiger charge is 2.35. The van der Waals surface area contributed by atoms with Gasteiger partial charge in [0.05, 0.1) is 22.9 Å². The molecule has 202 valence electrons. The van der Waals surface area contributed by atoms with Crippen LogP contribution in [-0.4, -0.2) is 82.0 Å². The zero-order valence-corrected chi connectivity index (χ0v) is 21.1. The van der Waals surface area contributed by atoms with Crippen molar-refractivity contribution in [1.82, 2.24) is 24.7 Å². The lowest BCUT2D eigenvalue weighted by Gasteiger charge is -2.39. The molecular formula is C27H30F3N5O3. The second-order valence-corrected chi connectivity index (χ2v) is 9.96. The summed E-state index contributed by atoms with van der Waals surface area (Å²) in [7, 11) is 2.08. The van der Waals surface area contributed by atoms with Gasteiger partial charge in [-0.3, -0.25) is 9.69 Å². The standard InChI is InChI=1S/C27H30F3N5O3/c1-33(22-10-13-35(15-22)25(36)19-4-7-23-24(14-19)32-17-31-23)21-8-11-34(12-9-21)26(37)38-16-18-2-5-20(6-3-18)27(28,29)30/h2-7,14,17,21-22H,8-13,15-16H2,1H3,(H,31,32). The molecule has 0 saturated carbocycles. The maximum Gasteiger partial charge on any atom is 0.416 e. The largest absolute Gasteiger partial charge is 0.445 e. The van der Waals surface area contributed by atoms with Crippen LogP contribution in [0.25, 0.3) is 11.0 Å². The smallest absolute Gasteiger partial charge is 0.416 e. The van der Waals surface area contributed by atoms with Crippen LogP contribution >= 0.6 is 0 Å². The third kappa shape index (κ3) is 5.62. The molecule has 0 bridgehead atoms. The Morgan fingerprint density at radius 3 is 2.42 bits per heavy atom. The minimum absolute atomic E-state index is 0.0106. The number of alkyl halides is 3. The molecule has 2 aromatic carbocycles. The number of aromatic amines is 1. The number of aromatic nitrogens is 2. The molecule has 38 heavy (non-hydrogen) atoms. The van der Waals surface area contributed by atoms with Crippen molar-refractivity contribution in [2.45, 2.75) is 44.1 Å². The van der Waals surface area contributed by atoms with Crippen LogP contribution in [0, 0.1) is 0 Å². The first-order valence-corrected chi connectivity index (χ1v) is 12.7. The molecule has 2 aliphatic rings. The topological polar surface area (TPSA) is 81.8 Å². The van der Waals surface area contributed by atoms with Crippen molar-refractivity contribution in [3.05, 3.63) is 65.5 Å². The van der Waals surface area contributed by atoms with E-state index in [2.05, 4.69) is 21.9 Å². The molecule has 3 aromatic rings. The number of nitrogens with one attached hydrogen (secondary N) is 1. The van der Waals surface area contributed by atoms with Crippen molar-refractivity contribution >= 4 is 23.0 Å². The summed E-state index contributed by atoms with van der Waals surface area (Å²) in [5.41, 5.74) is 2.08. The van der Waals surface area contributed by atoms with Gasteiger partial charge in [-0.25, -0.2) is 9.78 Å². The van der Waals surface area contributed by atoms with E-state index in [1.54, 1.807) is 11.2 Å². The Morgan fingerprint density at radius 1 is 1.03 bits per heavy atom. The third-order valence-electron chi connectivity index (χ3n) is 7.64. The van der Waals surface area contributed by atoms with Crippen molar-refractivity contribution in [2.24, 2.45) is 0 Å². The Bertz CT molecular complexity index is 1290. The number of fused-ring (bicyclic) bond motifs is 1. The summed E-state index contributed by atoms with van der Waals surface area (Å²) in [5, 5.41) is 0. The Labute approximate surface area is 218 Å². The van der Waals surface area contributed by atoms with Gasteiger partial charge in [0.15, 0.2) is 0 Å². The summed E-state index contributed by atoms with van der Waals surface area (Å²) < 4.78 is 43.5. The van der Waals surface area contributed by atoms with Gasteiger partial charge in [-0.2, -0.15) is 13.2 Å². The number of rotatable bonds is 5. The van der Waals surface area contributed by atoms with E-state index in [1.807, 2.05) is 23.1 Å². The van der Waals surface area contributed by atoms with E-state index in [1.165, 1.54) is 12.1 Å². The van der Waals surface area contributed by atoms with E-state index >= 15 is 0 Å². The molecule has 2 saturated heterocycles. The number of amides is 2. The third-order valence-corrected chi connectivity index (χ3v) is 7.64. The lowest BCUT2D eigenvalue weighted by Crippen LogP contribution is -2.49. The van der Waals surface area contributed by atoms with E-state index < -0.39 is 17.8 Å². The number of carbonyl (C=O) groups excluding carboxylic acids is 2. The fourth-order valence-corrected chi connectivity index (χ4v) is 5.29. The van der Waals surface area contributed by atoms with Gasteiger partial charge in [-0.15, -0.1) is 0 Å². The zero-order chi connectivity index (χ0) is 26.9. The van der Waals surface area contributed by atoms with Crippen LogP contribution in [-0.2, 0) is 17.5 Å². The number of piperidine rings is 1. The number of H-pyrrole nitrogens is 1. The van der Waals surface area contributed by atoms with E-state index in [-0.39, 0.29) is 24.6 Å². The second-order valence-electron chi connectivity index (χ2n) is 9.96. The van der Waals surface area contributed by atoms with Gasteiger partial charge in [0, 0.05) is 43.8 Å². The van der Waals surface area contributed by atoms with Crippen LogP contribution in [0.3, 0.4) is 0 Å². The highest BCUT2D eigenvalue weighted by molar-refractivity contribution is 5.97. The van der Waals surface area contributed by atoms with Crippen LogP contribution in [0.2, 0.25) is 0 Å². The molecule has 2 amide bonds. The molecule has 5 rings (SSSR count). The van der Waals surface area contributed by atoms with Crippen LogP contribution in [0.4, 0.5) is 18.0 Å². The molecule has 0 aliphatic carbocycles. The summed E-state index contributed by atoms with van der Waals surface area (Å²) in [6.45, 7) is 2.36. The molecule has 2 fully saturated rings. The molecule has 11 heteroatoms. The normalized spacial score (nSPS) is 18.9. The molecule has 1 N–H and O–H groups in total. The monoisotopic (exact) mass is 529 g/mol. The number of likely N-dealkylation sites (tertiary alicyclic amines) is 2. The number of imidazole rings is 1. The average Bonchev–Trinajstić information content (AvgIpc) is 3.60.